The Morgan fingerprint density at radius 1 is 1.16 bits per heavy atom. The first-order chi connectivity index (χ1) is 21.8. The van der Waals surface area contributed by atoms with E-state index in [0.717, 1.165) is 50.5 Å². The molecule has 1 aliphatic rings. The van der Waals surface area contributed by atoms with Crippen molar-refractivity contribution >= 4 is 39.2 Å². The number of aryl methyl sites for hydroxylation is 3. The molecule has 2 aromatic heterocycles. The van der Waals surface area contributed by atoms with E-state index in [4.69, 9.17) is 26.2 Å². The van der Waals surface area contributed by atoms with Crippen LogP contribution in [0.25, 0.3) is 32.8 Å². The van der Waals surface area contributed by atoms with Crippen LogP contribution >= 0.6 is 11.6 Å². The molecule has 0 spiro atoms. The number of benzene rings is 3. The standard InChI is InChI=1S/C35H37ClFN3O5/c1-3-27-31-30-26(36)14-13-25-24(9-7-19-44-28-10-6-8-21-20-22(37)11-12-23(21)28)34(35(42)43)40(33(25)30)16-4-5-18-45-29(15-17-41)32(31)38-39(27)2/h6,8,10-14,20,29,41H,3-5,7,9,15-19H2,1-2H3,(H,42,43). The molecule has 3 heterocycles. The number of fused-ring (bicyclic) bond motifs is 3. The molecule has 1 unspecified atom stereocenters. The summed E-state index contributed by atoms with van der Waals surface area (Å²) in [7, 11) is 1.89. The van der Waals surface area contributed by atoms with Crippen molar-refractivity contribution in [2.75, 3.05) is 19.8 Å². The fourth-order valence-electron chi connectivity index (χ4n) is 6.73. The average Bonchev–Trinajstić information content (AvgIpc) is 3.51. The van der Waals surface area contributed by atoms with Gasteiger partial charge in [-0.3, -0.25) is 4.68 Å². The van der Waals surface area contributed by atoms with Crippen molar-refractivity contribution in [2.45, 2.75) is 58.1 Å². The molecule has 0 fully saturated rings. The van der Waals surface area contributed by atoms with Crippen LogP contribution in [0.3, 0.4) is 0 Å². The summed E-state index contributed by atoms with van der Waals surface area (Å²) in [6.45, 7) is 3.30. The molecular weight excluding hydrogens is 597 g/mol. The van der Waals surface area contributed by atoms with Crippen molar-refractivity contribution in [3.8, 4) is 16.9 Å². The van der Waals surface area contributed by atoms with E-state index >= 15 is 0 Å². The lowest BCUT2D eigenvalue weighted by molar-refractivity contribution is 0.0296. The Morgan fingerprint density at radius 3 is 2.76 bits per heavy atom. The number of nitrogens with zero attached hydrogens (tertiary/aromatic N) is 3. The molecule has 10 heteroatoms. The molecule has 1 aliphatic heterocycles. The van der Waals surface area contributed by atoms with E-state index in [0.29, 0.717) is 68.3 Å². The Kier molecular flexibility index (Phi) is 9.12. The lowest BCUT2D eigenvalue weighted by Gasteiger charge is -2.18. The first-order valence-corrected chi connectivity index (χ1v) is 15.9. The zero-order valence-electron chi connectivity index (χ0n) is 25.5. The third-order valence-corrected chi connectivity index (χ3v) is 9.00. The monoisotopic (exact) mass is 633 g/mol. The number of aromatic carboxylic acids is 1. The lowest BCUT2D eigenvalue weighted by Crippen LogP contribution is -2.12. The smallest absolute Gasteiger partial charge is 0.352 e. The zero-order chi connectivity index (χ0) is 31.7. The quantitative estimate of drug-likeness (QED) is 0.163. The summed E-state index contributed by atoms with van der Waals surface area (Å²) >= 11 is 7.02. The minimum absolute atomic E-state index is 0.0541. The molecule has 0 bridgehead atoms. The molecular formula is C35H37ClFN3O5. The van der Waals surface area contributed by atoms with Crippen molar-refractivity contribution in [1.82, 2.24) is 14.3 Å². The Balaban J connectivity index is 1.45. The topological polar surface area (TPSA) is 98.7 Å². The van der Waals surface area contributed by atoms with Crippen LogP contribution in [0.2, 0.25) is 5.02 Å². The van der Waals surface area contributed by atoms with Crippen LogP contribution in [-0.2, 0) is 31.2 Å². The number of aliphatic hydroxyl groups excluding tert-OH is 1. The van der Waals surface area contributed by atoms with E-state index in [1.54, 1.807) is 6.07 Å². The number of aromatic nitrogens is 3. The molecule has 5 aromatic rings. The number of aliphatic hydroxyl groups is 1. The molecule has 0 saturated heterocycles. The van der Waals surface area contributed by atoms with Gasteiger partial charge >= 0.3 is 5.97 Å². The molecule has 45 heavy (non-hydrogen) atoms. The van der Waals surface area contributed by atoms with Crippen LogP contribution in [0.5, 0.6) is 5.75 Å². The maximum atomic E-state index is 13.8. The van der Waals surface area contributed by atoms with Gasteiger partial charge in [-0.1, -0.05) is 36.7 Å². The number of ether oxygens (including phenoxy) is 2. The molecule has 0 aliphatic carbocycles. The number of carboxylic acids is 1. The highest BCUT2D eigenvalue weighted by atomic mass is 35.5. The number of hydrogen-bond acceptors (Lipinski definition) is 5. The zero-order valence-corrected chi connectivity index (χ0v) is 26.2. The highest BCUT2D eigenvalue weighted by Crippen LogP contribution is 2.45. The predicted molar refractivity (Wildman–Crippen MR) is 173 cm³/mol. The van der Waals surface area contributed by atoms with Crippen molar-refractivity contribution in [3.63, 3.8) is 0 Å². The highest BCUT2D eigenvalue weighted by molar-refractivity contribution is 6.35. The van der Waals surface area contributed by atoms with Gasteiger partial charge in [0.05, 0.1) is 22.8 Å². The maximum Gasteiger partial charge on any atom is 0.352 e. The first kappa shape index (κ1) is 31.1. The van der Waals surface area contributed by atoms with Gasteiger partial charge in [-0.15, -0.1) is 0 Å². The highest BCUT2D eigenvalue weighted by Gasteiger charge is 2.31. The van der Waals surface area contributed by atoms with Crippen LogP contribution < -0.4 is 4.74 Å². The van der Waals surface area contributed by atoms with Gasteiger partial charge in [-0.25, -0.2) is 9.18 Å². The van der Waals surface area contributed by atoms with Crippen molar-refractivity contribution < 1.29 is 28.9 Å². The molecule has 236 valence electrons. The van der Waals surface area contributed by atoms with E-state index in [9.17, 15) is 19.4 Å². The second-order valence-corrected chi connectivity index (χ2v) is 11.8. The normalized spacial score (nSPS) is 15.3. The Morgan fingerprint density at radius 2 is 1.98 bits per heavy atom. The van der Waals surface area contributed by atoms with E-state index in [2.05, 4.69) is 6.92 Å². The fourth-order valence-corrected chi connectivity index (χ4v) is 6.98. The second-order valence-electron chi connectivity index (χ2n) is 11.4. The summed E-state index contributed by atoms with van der Waals surface area (Å²) in [6.07, 6.45) is 3.11. The average molecular weight is 634 g/mol. The predicted octanol–water partition coefficient (Wildman–Crippen LogP) is 7.49. The van der Waals surface area contributed by atoms with Crippen LogP contribution in [0.15, 0.2) is 48.5 Å². The largest absolute Gasteiger partial charge is 0.493 e. The van der Waals surface area contributed by atoms with Crippen LogP contribution in [-0.4, -0.2) is 50.4 Å². The number of carbonyl (C=O) groups is 1. The van der Waals surface area contributed by atoms with Gasteiger partial charge in [-0.05, 0) is 73.4 Å². The van der Waals surface area contributed by atoms with E-state index < -0.39 is 12.1 Å². The van der Waals surface area contributed by atoms with E-state index in [1.165, 1.54) is 12.1 Å². The second kappa shape index (κ2) is 13.2. The molecule has 8 nitrogen and oxygen atoms in total. The number of rotatable bonds is 9. The molecule has 0 radical (unpaired) electrons. The first-order valence-electron chi connectivity index (χ1n) is 15.5. The van der Waals surface area contributed by atoms with Crippen LogP contribution in [0.1, 0.15) is 66.2 Å². The summed E-state index contributed by atoms with van der Waals surface area (Å²) in [5.74, 6) is -0.636. The minimum atomic E-state index is -0.994. The fraction of sp³-hybridized carbons (Fsp3) is 0.371. The third-order valence-electron chi connectivity index (χ3n) is 8.68. The third kappa shape index (κ3) is 5.80. The lowest BCUT2D eigenvalue weighted by atomic mass is 9.95. The van der Waals surface area contributed by atoms with Crippen LogP contribution in [0.4, 0.5) is 4.39 Å². The molecule has 1 atom stereocenters. The summed E-state index contributed by atoms with van der Waals surface area (Å²) in [6, 6.07) is 13.9. The van der Waals surface area contributed by atoms with Crippen molar-refractivity contribution in [3.05, 3.63) is 82.0 Å². The molecule has 6 rings (SSSR count). The van der Waals surface area contributed by atoms with E-state index in [-0.39, 0.29) is 18.1 Å². The number of hydrogen-bond donors (Lipinski definition) is 2. The number of carboxylic acid groups (broad SMARTS) is 1. The van der Waals surface area contributed by atoms with Gasteiger partial charge in [0.15, 0.2) is 0 Å². The summed E-state index contributed by atoms with van der Waals surface area (Å²) < 4.78 is 29.9. The number of halogens is 2. The molecule has 3 aromatic carbocycles. The molecule has 0 saturated carbocycles. The van der Waals surface area contributed by atoms with Crippen molar-refractivity contribution in [1.29, 1.82) is 0 Å². The molecule has 0 amide bonds. The minimum Gasteiger partial charge on any atom is -0.493 e. The SMILES string of the molecule is CCc1c2c(nn1C)C(CCO)OCCCCn1c(C(=O)O)c(CCCOc3cccc4cc(F)ccc34)c3ccc(Cl)c-2c31. The Hall–Kier alpha value is -3.92. The summed E-state index contributed by atoms with van der Waals surface area (Å²) in [4.78, 5) is 13.0. The van der Waals surface area contributed by atoms with Gasteiger partial charge < -0.3 is 24.3 Å². The summed E-state index contributed by atoms with van der Waals surface area (Å²) in [5.41, 5.74) is 5.02. The van der Waals surface area contributed by atoms with Crippen molar-refractivity contribution in [2.24, 2.45) is 7.05 Å². The Labute approximate surface area is 265 Å². The Bertz CT molecular complexity index is 1880. The maximum absolute atomic E-state index is 13.8. The summed E-state index contributed by atoms with van der Waals surface area (Å²) in [5, 5.41) is 28.3. The van der Waals surface area contributed by atoms with Crippen LogP contribution in [0, 0.1) is 5.82 Å². The van der Waals surface area contributed by atoms with Gasteiger partial charge in [0.25, 0.3) is 0 Å². The van der Waals surface area contributed by atoms with E-state index in [1.807, 2.05) is 46.6 Å². The van der Waals surface area contributed by atoms with Gasteiger partial charge in [-0.2, -0.15) is 5.10 Å². The van der Waals surface area contributed by atoms with Gasteiger partial charge in [0.2, 0.25) is 0 Å². The van der Waals surface area contributed by atoms with Gasteiger partial charge in [0.1, 0.15) is 23.4 Å². The van der Waals surface area contributed by atoms with Gasteiger partial charge in [0, 0.05) is 60.8 Å². The molecule has 2 N–H and O–H groups in total.